The quantitative estimate of drug-likeness (QED) is 0.779. The zero-order valence-corrected chi connectivity index (χ0v) is 13.9. The molecule has 1 aromatic rings. The molecule has 1 heterocycles. The van der Waals surface area contributed by atoms with Gasteiger partial charge in [-0.25, -0.2) is 13.1 Å². The Morgan fingerprint density at radius 1 is 1.45 bits per heavy atom. The monoisotopic (exact) mass is 394 g/mol. The Kier molecular flexibility index (Phi) is 6.02. The Morgan fingerprint density at radius 3 is 2.55 bits per heavy atom. The molecule has 10 heteroatoms. The maximum atomic E-state index is 12.2. The first kappa shape index (κ1) is 17.9. The molecule has 2 N–H and O–H groups in total. The van der Waals surface area contributed by atoms with Crippen molar-refractivity contribution in [3.63, 3.8) is 0 Å². The highest BCUT2D eigenvalue weighted by Crippen LogP contribution is 2.32. The van der Waals surface area contributed by atoms with Crippen LogP contribution in [0.2, 0.25) is 0 Å². The summed E-state index contributed by atoms with van der Waals surface area (Å²) < 4.78 is 63.1. The third-order valence-corrected chi connectivity index (χ3v) is 6.08. The fourth-order valence-electron chi connectivity index (χ4n) is 1.56. The molecule has 0 amide bonds. The summed E-state index contributed by atoms with van der Waals surface area (Å²) >= 11 is 4.34. The number of thiophene rings is 1. The van der Waals surface area contributed by atoms with Gasteiger partial charge in [0, 0.05) is 17.5 Å². The summed E-state index contributed by atoms with van der Waals surface area (Å²) in [6.45, 7) is 1.66. The standard InChI is InChI=1S/C10H14BrF3N2O2S2/c1-6(4-10(12,13)14)16-20(17,18)8-3-7(5-15-2)19-9(8)11/h3,6,15-16H,4-5H2,1-2H3. The van der Waals surface area contributed by atoms with E-state index in [4.69, 9.17) is 0 Å². The van der Waals surface area contributed by atoms with E-state index in [0.717, 1.165) is 4.88 Å². The third-order valence-electron chi connectivity index (χ3n) is 2.24. The summed E-state index contributed by atoms with van der Waals surface area (Å²) in [5.41, 5.74) is 0. The molecule has 1 rings (SSSR count). The minimum absolute atomic E-state index is 0.0400. The van der Waals surface area contributed by atoms with Crippen LogP contribution in [0, 0.1) is 0 Å². The number of sulfonamides is 1. The zero-order valence-electron chi connectivity index (χ0n) is 10.7. The van der Waals surface area contributed by atoms with E-state index in [1.54, 1.807) is 7.05 Å². The third kappa shape index (κ3) is 5.32. The normalized spacial score (nSPS) is 14.5. The smallest absolute Gasteiger partial charge is 0.315 e. The van der Waals surface area contributed by atoms with Crippen molar-refractivity contribution in [1.29, 1.82) is 0 Å². The van der Waals surface area contributed by atoms with Crippen molar-refractivity contribution in [3.8, 4) is 0 Å². The van der Waals surface area contributed by atoms with Crippen LogP contribution in [0.15, 0.2) is 14.7 Å². The van der Waals surface area contributed by atoms with E-state index < -0.39 is 28.7 Å². The molecule has 0 saturated carbocycles. The highest BCUT2D eigenvalue weighted by Gasteiger charge is 2.32. The van der Waals surface area contributed by atoms with Crippen LogP contribution in [0.25, 0.3) is 0 Å². The predicted molar refractivity (Wildman–Crippen MR) is 75.2 cm³/mol. The molecule has 0 aromatic carbocycles. The summed E-state index contributed by atoms with van der Waals surface area (Å²) in [7, 11) is -2.26. The highest BCUT2D eigenvalue weighted by atomic mass is 79.9. The second-order valence-electron chi connectivity index (χ2n) is 4.22. The molecule has 20 heavy (non-hydrogen) atoms. The maximum absolute atomic E-state index is 12.2. The molecule has 0 saturated heterocycles. The van der Waals surface area contributed by atoms with Gasteiger partial charge in [-0.1, -0.05) is 0 Å². The average molecular weight is 395 g/mol. The molecular formula is C10H14BrF3N2O2S2. The number of hydrogen-bond acceptors (Lipinski definition) is 4. The van der Waals surface area contributed by atoms with Gasteiger partial charge in [0.1, 0.15) is 4.90 Å². The summed E-state index contributed by atoms with van der Waals surface area (Å²) in [5.74, 6) is 0. The van der Waals surface area contributed by atoms with Crippen LogP contribution in [0.3, 0.4) is 0 Å². The molecule has 0 bridgehead atoms. The van der Waals surface area contributed by atoms with E-state index in [2.05, 4.69) is 21.2 Å². The number of nitrogens with one attached hydrogen (secondary N) is 2. The predicted octanol–water partition coefficient (Wildman–Crippen LogP) is 2.85. The first-order valence-electron chi connectivity index (χ1n) is 5.57. The molecule has 0 aliphatic rings. The van der Waals surface area contributed by atoms with Crippen molar-refractivity contribution < 1.29 is 21.6 Å². The van der Waals surface area contributed by atoms with Crippen LogP contribution in [-0.4, -0.2) is 27.7 Å². The molecule has 1 aromatic heterocycles. The summed E-state index contributed by atoms with van der Waals surface area (Å²) in [4.78, 5) is 0.727. The Balaban J connectivity index is 2.88. The average Bonchev–Trinajstić information content (AvgIpc) is 2.56. The van der Waals surface area contributed by atoms with Gasteiger partial charge in [0.2, 0.25) is 10.0 Å². The molecule has 0 spiro atoms. The van der Waals surface area contributed by atoms with Crippen molar-refractivity contribution in [2.24, 2.45) is 0 Å². The van der Waals surface area contributed by atoms with Gasteiger partial charge < -0.3 is 5.32 Å². The molecule has 4 nitrogen and oxygen atoms in total. The lowest BCUT2D eigenvalue weighted by atomic mass is 10.2. The van der Waals surface area contributed by atoms with Crippen LogP contribution in [-0.2, 0) is 16.6 Å². The first-order chi connectivity index (χ1) is 9.05. The maximum Gasteiger partial charge on any atom is 0.390 e. The van der Waals surface area contributed by atoms with Crippen LogP contribution < -0.4 is 10.0 Å². The highest BCUT2D eigenvalue weighted by molar-refractivity contribution is 9.11. The van der Waals surface area contributed by atoms with Crippen molar-refractivity contribution in [3.05, 3.63) is 14.7 Å². The summed E-state index contributed by atoms with van der Waals surface area (Å²) in [6.07, 6.45) is -5.62. The van der Waals surface area contributed by atoms with Crippen molar-refractivity contribution in [2.45, 2.75) is 37.0 Å². The Morgan fingerprint density at radius 2 is 2.05 bits per heavy atom. The minimum Gasteiger partial charge on any atom is -0.315 e. The largest absolute Gasteiger partial charge is 0.390 e. The number of hydrogen-bond donors (Lipinski definition) is 2. The van der Waals surface area contributed by atoms with E-state index in [0.29, 0.717) is 10.3 Å². The molecule has 0 fully saturated rings. The van der Waals surface area contributed by atoms with Crippen LogP contribution in [0.1, 0.15) is 18.2 Å². The molecule has 0 radical (unpaired) electrons. The zero-order chi connectivity index (χ0) is 15.6. The lowest BCUT2D eigenvalue weighted by molar-refractivity contribution is -0.137. The number of rotatable bonds is 6. The first-order valence-corrected chi connectivity index (χ1v) is 8.66. The fourth-order valence-corrected chi connectivity index (χ4v) is 5.50. The van der Waals surface area contributed by atoms with Crippen molar-refractivity contribution in [1.82, 2.24) is 10.0 Å². The van der Waals surface area contributed by atoms with Crippen LogP contribution in [0.5, 0.6) is 0 Å². The molecule has 1 atom stereocenters. The number of halogens is 4. The molecule has 1 unspecified atom stereocenters. The number of alkyl halides is 3. The van der Waals surface area contributed by atoms with Crippen molar-refractivity contribution in [2.75, 3.05) is 7.05 Å². The van der Waals surface area contributed by atoms with Gasteiger partial charge >= 0.3 is 6.18 Å². The van der Waals surface area contributed by atoms with E-state index in [-0.39, 0.29) is 4.90 Å². The van der Waals surface area contributed by atoms with Gasteiger partial charge in [0.25, 0.3) is 0 Å². The SMILES string of the molecule is CNCc1cc(S(=O)(=O)NC(C)CC(F)(F)F)c(Br)s1. The van der Waals surface area contributed by atoms with Crippen LogP contribution >= 0.6 is 27.3 Å². The van der Waals surface area contributed by atoms with Crippen molar-refractivity contribution >= 4 is 37.3 Å². The minimum atomic E-state index is -4.41. The second-order valence-corrected chi connectivity index (χ2v) is 8.36. The van der Waals surface area contributed by atoms with Gasteiger partial charge in [0.05, 0.1) is 10.2 Å². The van der Waals surface area contributed by atoms with Crippen LogP contribution in [0.4, 0.5) is 13.2 Å². The molecule has 0 aliphatic heterocycles. The Bertz CT molecular complexity index is 557. The van der Waals surface area contributed by atoms with Gasteiger partial charge in [-0.3, -0.25) is 0 Å². The summed E-state index contributed by atoms with van der Waals surface area (Å²) in [6, 6.07) is 0.216. The molecule has 0 aliphatic carbocycles. The van der Waals surface area contributed by atoms with Gasteiger partial charge in [-0.15, -0.1) is 11.3 Å². The van der Waals surface area contributed by atoms with E-state index in [1.165, 1.54) is 24.3 Å². The fraction of sp³-hybridized carbons (Fsp3) is 0.600. The summed E-state index contributed by atoms with van der Waals surface area (Å²) in [5, 5.41) is 2.87. The lowest BCUT2D eigenvalue weighted by Crippen LogP contribution is -2.35. The Labute approximate surface area is 127 Å². The Hall–Kier alpha value is -0.160. The van der Waals surface area contributed by atoms with E-state index in [1.807, 2.05) is 4.72 Å². The molecule has 116 valence electrons. The molecular weight excluding hydrogens is 381 g/mol. The van der Waals surface area contributed by atoms with Gasteiger partial charge in [-0.05, 0) is 36.0 Å². The second kappa shape index (κ2) is 6.73. The van der Waals surface area contributed by atoms with Gasteiger partial charge in [0.15, 0.2) is 0 Å². The lowest BCUT2D eigenvalue weighted by Gasteiger charge is -2.15. The van der Waals surface area contributed by atoms with Gasteiger partial charge in [-0.2, -0.15) is 13.2 Å². The van der Waals surface area contributed by atoms with E-state index >= 15 is 0 Å². The topological polar surface area (TPSA) is 58.2 Å². The van der Waals surface area contributed by atoms with E-state index in [9.17, 15) is 21.6 Å².